The standard InChI is InChI=1S/C28H33FN4O5S/c1-18(2)17-38-21-15-19(14-20(29)16-21)23-9-8-22(26(30-23)33-12-10-28(3,4)11-13-33)27(35)32-39(36,37)25-7-5-6-24(34)31-25/h5-9,14-16,18H,10-13,17H2,1-4H3,(H,31,34)(H,32,35). The minimum Gasteiger partial charge on any atom is -0.493 e. The Bertz CT molecular complexity index is 1520. The number of hydrogen-bond donors (Lipinski definition) is 2. The van der Waals surface area contributed by atoms with Crippen LogP contribution in [0.2, 0.25) is 0 Å². The molecule has 208 valence electrons. The third kappa shape index (κ3) is 7.03. The normalized spacial score (nSPS) is 15.3. The highest BCUT2D eigenvalue weighted by atomic mass is 32.2. The molecule has 0 atom stereocenters. The molecular formula is C28H33FN4O5S. The fourth-order valence-electron chi connectivity index (χ4n) is 4.22. The third-order valence-electron chi connectivity index (χ3n) is 6.54. The Balaban J connectivity index is 1.72. The molecule has 0 bridgehead atoms. The van der Waals surface area contributed by atoms with Crippen molar-refractivity contribution in [1.82, 2.24) is 14.7 Å². The molecule has 0 unspecified atom stereocenters. The molecule has 0 spiro atoms. The number of pyridine rings is 2. The number of aromatic amines is 1. The van der Waals surface area contributed by atoms with Crippen molar-refractivity contribution >= 4 is 21.7 Å². The fraction of sp³-hybridized carbons (Fsp3) is 0.393. The Morgan fingerprint density at radius 1 is 1.15 bits per heavy atom. The molecule has 39 heavy (non-hydrogen) atoms. The first-order valence-corrected chi connectivity index (χ1v) is 14.3. The lowest BCUT2D eigenvalue weighted by Gasteiger charge is -2.38. The molecular weight excluding hydrogens is 523 g/mol. The van der Waals surface area contributed by atoms with Gasteiger partial charge in [-0.2, -0.15) is 8.42 Å². The number of hydrogen-bond acceptors (Lipinski definition) is 7. The first kappa shape index (κ1) is 28.3. The van der Waals surface area contributed by atoms with Crippen LogP contribution in [-0.4, -0.2) is 44.0 Å². The summed E-state index contributed by atoms with van der Waals surface area (Å²) in [4.78, 5) is 33.8. The monoisotopic (exact) mass is 556 g/mol. The maximum Gasteiger partial charge on any atom is 0.279 e. The summed E-state index contributed by atoms with van der Waals surface area (Å²) < 4.78 is 47.9. The van der Waals surface area contributed by atoms with E-state index >= 15 is 0 Å². The Labute approximate surface area is 227 Å². The summed E-state index contributed by atoms with van der Waals surface area (Å²) in [7, 11) is -4.35. The van der Waals surface area contributed by atoms with Crippen molar-refractivity contribution in [3.05, 3.63) is 70.3 Å². The minimum atomic E-state index is -4.35. The van der Waals surface area contributed by atoms with Crippen LogP contribution in [0.4, 0.5) is 10.2 Å². The van der Waals surface area contributed by atoms with Crippen LogP contribution in [0.3, 0.4) is 0 Å². The molecule has 1 aliphatic rings. The fourth-order valence-corrected chi connectivity index (χ4v) is 5.18. The number of carbonyl (C=O) groups is 1. The topological polar surface area (TPSA) is 121 Å². The van der Waals surface area contributed by atoms with Crippen LogP contribution in [0.5, 0.6) is 5.75 Å². The number of amides is 1. The van der Waals surface area contributed by atoms with Crippen molar-refractivity contribution < 1.29 is 22.3 Å². The number of ether oxygens (including phenoxy) is 1. The molecule has 2 N–H and O–H groups in total. The number of benzene rings is 1. The van der Waals surface area contributed by atoms with E-state index in [1.165, 1.54) is 36.4 Å². The third-order valence-corrected chi connectivity index (χ3v) is 7.82. The smallest absolute Gasteiger partial charge is 0.279 e. The van der Waals surface area contributed by atoms with Crippen molar-refractivity contribution in [3.8, 4) is 17.0 Å². The van der Waals surface area contributed by atoms with E-state index in [9.17, 15) is 22.4 Å². The van der Waals surface area contributed by atoms with Crippen molar-refractivity contribution in [2.75, 3.05) is 24.6 Å². The zero-order valence-corrected chi connectivity index (χ0v) is 23.3. The number of nitrogens with zero attached hydrogens (tertiary/aromatic N) is 2. The number of sulfonamides is 1. The molecule has 1 amide bonds. The van der Waals surface area contributed by atoms with E-state index in [1.54, 1.807) is 12.1 Å². The van der Waals surface area contributed by atoms with Gasteiger partial charge in [0.05, 0.1) is 17.9 Å². The lowest BCUT2D eigenvalue weighted by atomic mass is 9.82. The highest BCUT2D eigenvalue weighted by molar-refractivity contribution is 7.90. The molecule has 1 aromatic carbocycles. The van der Waals surface area contributed by atoms with E-state index < -0.39 is 32.3 Å². The van der Waals surface area contributed by atoms with E-state index in [0.29, 0.717) is 42.5 Å². The van der Waals surface area contributed by atoms with Crippen LogP contribution in [0.25, 0.3) is 11.3 Å². The van der Waals surface area contributed by atoms with Gasteiger partial charge in [0, 0.05) is 30.8 Å². The van der Waals surface area contributed by atoms with Crippen LogP contribution in [0.15, 0.2) is 58.4 Å². The van der Waals surface area contributed by atoms with Gasteiger partial charge in [0.1, 0.15) is 17.4 Å². The first-order chi connectivity index (χ1) is 18.3. The first-order valence-electron chi connectivity index (χ1n) is 12.8. The van der Waals surface area contributed by atoms with E-state index in [0.717, 1.165) is 12.8 Å². The summed E-state index contributed by atoms with van der Waals surface area (Å²) in [5, 5.41) is -0.428. The molecule has 3 aromatic rings. The van der Waals surface area contributed by atoms with Gasteiger partial charge in [0.15, 0.2) is 5.03 Å². The van der Waals surface area contributed by atoms with E-state index in [-0.39, 0.29) is 16.9 Å². The Kier molecular flexibility index (Phi) is 8.10. The number of nitrogens with one attached hydrogen (secondary N) is 2. The zero-order valence-electron chi connectivity index (χ0n) is 22.5. The van der Waals surface area contributed by atoms with Gasteiger partial charge in [0.25, 0.3) is 15.9 Å². The predicted octanol–water partition coefficient (Wildman–Crippen LogP) is 4.36. The van der Waals surface area contributed by atoms with E-state index in [2.05, 4.69) is 18.8 Å². The SMILES string of the molecule is CC(C)COc1cc(F)cc(-c2ccc(C(=O)NS(=O)(=O)c3cccc(=O)[nH]3)c(N3CCC(C)(C)CC3)n2)c1. The molecule has 4 rings (SSSR count). The summed E-state index contributed by atoms with van der Waals surface area (Å²) in [5.74, 6) is -0.455. The Hall–Kier alpha value is -3.73. The molecule has 3 heterocycles. The molecule has 9 nitrogen and oxygen atoms in total. The summed E-state index contributed by atoms with van der Waals surface area (Å²) in [6.45, 7) is 9.95. The van der Waals surface area contributed by atoms with Crippen LogP contribution < -0.4 is 19.9 Å². The average Bonchev–Trinajstić information content (AvgIpc) is 2.86. The molecule has 0 saturated carbocycles. The number of anilines is 1. The van der Waals surface area contributed by atoms with E-state index in [4.69, 9.17) is 9.72 Å². The number of H-pyrrole nitrogens is 1. The minimum absolute atomic E-state index is 0.0491. The van der Waals surface area contributed by atoms with Crippen LogP contribution in [0, 0.1) is 17.2 Å². The maximum atomic E-state index is 14.5. The van der Waals surface area contributed by atoms with Crippen molar-refractivity contribution in [3.63, 3.8) is 0 Å². The quantitative estimate of drug-likeness (QED) is 0.423. The van der Waals surface area contributed by atoms with Crippen molar-refractivity contribution in [2.24, 2.45) is 11.3 Å². The lowest BCUT2D eigenvalue weighted by molar-refractivity contribution is 0.0981. The van der Waals surface area contributed by atoms with Gasteiger partial charge in [-0.05, 0) is 54.5 Å². The second kappa shape index (κ2) is 11.2. The van der Waals surface area contributed by atoms with Gasteiger partial charge in [-0.15, -0.1) is 0 Å². The molecule has 0 aliphatic carbocycles. The Morgan fingerprint density at radius 2 is 1.87 bits per heavy atom. The molecule has 1 aliphatic heterocycles. The summed E-state index contributed by atoms with van der Waals surface area (Å²) in [6.07, 6.45) is 1.69. The summed E-state index contributed by atoms with van der Waals surface area (Å²) in [5.41, 5.74) is 0.432. The van der Waals surface area contributed by atoms with Gasteiger partial charge in [0.2, 0.25) is 5.56 Å². The van der Waals surface area contributed by atoms with Gasteiger partial charge in [-0.1, -0.05) is 33.8 Å². The predicted molar refractivity (Wildman–Crippen MR) is 147 cm³/mol. The lowest BCUT2D eigenvalue weighted by Crippen LogP contribution is -2.40. The van der Waals surface area contributed by atoms with Gasteiger partial charge in [-0.3, -0.25) is 9.59 Å². The molecule has 2 aromatic heterocycles. The highest BCUT2D eigenvalue weighted by Gasteiger charge is 2.30. The highest BCUT2D eigenvalue weighted by Crippen LogP contribution is 2.34. The molecule has 0 radical (unpaired) electrons. The number of piperidine rings is 1. The molecule has 1 fully saturated rings. The van der Waals surface area contributed by atoms with Crippen LogP contribution in [0.1, 0.15) is 50.9 Å². The van der Waals surface area contributed by atoms with Crippen LogP contribution in [-0.2, 0) is 10.0 Å². The maximum absolute atomic E-state index is 14.5. The summed E-state index contributed by atoms with van der Waals surface area (Å²) in [6, 6.07) is 11.0. The number of halogens is 1. The van der Waals surface area contributed by atoms with Crippen LogP contribution >= 0.6 is 0 Å². The second-order valence-corrected chi connectivity index (χ2v) is 12.6. The van der Waals surface area contributed by atoms with Crippen molar-refractivity contribution in [2.45, 2.75) is 45.6 Å². The average molecular weight is 557 g/mol. The van der Waals surface area contributed by atoms with Gasteiger partial charge < -0.3 is 14.6 Å². The van der Waals surface area contributed by atoms with Gasteiger partial charge >= 0.3 is 0 Å². The number of rotatable bonds is 8. The molecule has 11 heteroatoms. The largest absolute Gasteiger partial charge is 0.493 e. The summed E-state index contributed by atoms with van der Waals surface area (Å²) >= 11 is 0. The second-order valence-electron chi connectivity index (χ2n) is 10.9. The number of carbonyl (C=O) groups excluding carboxylic acids is 1. The Morgan fingerprint density at radius 3 is 2.54 bits per heavy atom. The zero-order chi connectivity index (χ0) is 28.4. The number of aromatic nitrogens is 2. The van der Waals surface area contributed by atoms with E-state index in [1.807, 2.05) is 23.5 Å². The van der Waals surface area contributed by atoms with Crippen molar-refractivity contribution in [1.29, 1.82) is 0 Å². The van der Waals surface area contributed by atoms with Gasteiger partial charge in [-0.25, -0.2) is 14.1 Å². The molecule has 1 saturated heterocycles.